The zero-order valence-corrected chi connectivity index (χ0v) is 9.43. The first-order chi connectivity index (χ1) is 8.25. The second-order valence-electron chi connectivity index (χ2n) is 3.77. The standard InChI is InChI=1S/C13H14N2O2/c14-13(16)17-9-3-5-11-8-7-10-4-1-2-6-12(10)15-11/h1-2,4,6-8H,3,5,9H2,(H2,14,16). The third-order valence-corrected chi connectivity index (χ3v) is 2.48. The summed E-state index contributed by atoms with van der Waals surface area (Å²) in [5.74, 6) is 0. The van der Waals surface area contributed by atoms with E-state index in [0.717, 1.165) is 29.4 Å². The Morgan fingerprint density at radius 1 is 1.24 bits per heavy atom. The average molecular weight is 230 g/mol. The molecule has 1 aromatic heterocycles. The summed E-state index contributed by atoms with van der Waals surface area (Å²) in [4.78, 5) is 14.9. The molecule has 88 valence electrons. The first kappa shape index (κ1) is 11.4. The van der Waals surface area contributed by atoms with Crippen LogP contribution in [-0.2, 0) is 11.2 Å². The SMILES string of the molecule is NC(=O)OCCCc1ccc2ccccc2n1. The van der Waals surface area contributed by atoms with Crippen LogP contribution >= 0.6 is 0 Å². The van der Waals surface area contributed by atoms with Gasteiger partial charge in [0, 0.05) is 11.1 Å². The number of rotatable bonds is 4. The minimum atomic E-state index is -0.725. The van der Waals surface area contributed by atoms with Crippen LogP contribution in [0.25, 0.3) is 10.9 Å². The number of aromatic nitrogens is 1. The number of nitrogens with two attached hydrogens (primary N) is 1. The van der Waals surface area contributed by atoms with Crippen molar-refractivity contribution in [2.24, 2.45) is 5.73 Å². The van der Waals surface area contributed by atoms with E-state index in [2.05, 4.69) is 9.72 Å². The molecule has 0 saturated carbocycles. The highest BCUT2D eigenvalue weighted by Crippen LogP contribution is 2.12. The van der Waals surface area contributed by atoms with Crippen LogP contribution in [0, 0.1) is 0 Å². The van der Waals surface area contributed by atoms with E-state index >= 15 is 0 Å². The van der Waals surface area contributed by atoms with E-state index in [4.69, 9.17) is 5.73 Å². The number of hydrogen-bond acceptors (Lipinski definition) is 3. The van der Waals surface area contributed by atoms with E-state index in [0.29, 0.717) is 6.61 Å². The maximum Gasteiger partial charge on any atom is 0.404 e. The van der Waals surface area contributed by atoms with Crippen LogP contribution in [0.4, 0.5) is 4.79 Å². The van der Waals surface area contributed by atoms with Gasteiger partial charge in [0.1, 0.15) is 0 Å². The molecule has 0 aliphatic carbocycles. The minimum Gasteiger partial charge on any atom is -0.450 e. The van der Waals surface area contributed by atoms with Crippen molar-refractivity contribution in [1.29, 1.82) is 0 Å². The van der Waals surface area contributed by atoms with Crippen LogP contribution in [0.15, 0.2) is 36.4 Å². The lowest BCUT2D eigenvalue weighted by atomic mass is 10.1. The number of hydrogen-bond donors (Lipinski definition) is 1. The fraction of sp³-hybridized carbons (Fsp3) is 0.231. The summed E-state index contributed by atoms with van der Waals surface area (Å²) in [5, 5.41) is 1.13. The van der Waals surface area contributed by atoms with Gasteiger partial charge in [0.25, 0.3) is 0 Å². The van der Waals surface area contributed by atoms with Crippen molar-refractivity contribution in [1.82, 2.24) is 4.98 Å². The van der Waals surface area contributed by atoms with Crippen LogP contribution in [0.5, 0.6) is 0 Å². The van der Waals surface area contributed by atoms with Crippen molar-refractivity contribution in [3.05, 3.63) is 42.1 Å². The van der Waals surface area contributed by atoms with Crippen molar-refractivity contribution in [2.75, 3.05) is 6.61 Å². The Balaban J connectivity index is 1.97. The first-order valence-corrected chi connectivity index (χ1v) is 5.52. The van der Waals surface area contributed by atoms with Gasteiger partial charge in [0.2, 0.25) is 0 Å². The summed E-state index contributed by atoms with van der Waals surface area (Å²) < 4.78 is 4.66. The molecule has 0 aliphatic rings. The zero-order valence-electron chi connectivity index (χ0n) is 9.43. The summed E-state index contributed by atoms with van der Waals surface area (Å²) in [6.07, 6.45) is 0.781. The van der Waals surface area contributed by atoms with Gasteiger partial charge in [-0.3, -0.25) is 4.98 Å². The number of carbonyl (C=O) groups is 1. The second-order valence-corrected chi connectivity index (χ2v) is 3.77. The number of aryl methyl sites for hydroxylation is 1. The number of carbonyl (C=O) groups excluding carboxylic acids is 1. The maximum absolute atomic E-state index is 10.4. The molecule has 1 amide bonds. The Labute approximate surface area is 99.4 Å². The Hall–Kier alpha value is -2.10. The molecule has 1 heterocycles. The Bertz CT molecular complexity index is 526. The molecule has 2 aromatic rings. The van der Waals surface area contributed by atoms with Crippen molar-refractivity contribution in [3.8, 4) is 0 Å². The monoisotopic (exact) mass is 230 g/mol. The highest BCUT2D eigenvalue weighted by atomic mass is 16.5. The van der Waals surface area contributed by atoms with Crippen molar-refractivity contribution in [2.45, 2.75) is 12.8 Å². The molecule has 0 fully saturated rings. The van der Waals surface area contributed by atoms with Crippen LogP contribution in [-0.4, -0.2) is 17.7 Å². The summed E-state index contributed by atoms with van der Waals surface area (Å²) in [5.41, 5.74) is 6.85. The zero-order chi connectivity index (χ0) is 12.1. The van der Waals surface area contributed by atoms with Gasteiger partial charge >= 0.3 is 6.09 Å². The van der Waals surface area contributed by atoms with Crippen LogP contribution in [0.1, 0.15) is 12.1 Å². The number of nitrogens with zero attached hydrogens (tertiary/aromatic N) is 1. The molecular formula is C13H14N2O2. The number of benzene rings is 1. The molecular weight excluding hydrogens is 216 g/mol. The van der Waals surface area contributed by atoms with E-state index in [1.54, 1.807) is 0 Å². The highest BCUT2D eigenvalue weighted by Gasteiger charge is 1.99. The Kier molecular flexibility index (Phi) is 3.55. The average Bonchev–Trinajstić information content (AvgIpc) is 2.34. The topological polar surface area (TPSA) is 65.2 Å². The van der Waals surface area contributed by atoms with E-state index < -0.39 is 6.09 Å². The molecule has 4 nitrogen and oxygen atoms in total. The fourth-order valence-electron chi connectivity index (χ4n) is 1.67. The van der Waals surface area contributed by atoms with Gasteiger partial charge in [-0.15, -0.1) is 0 Å². The van der Waals surface area contributed by atoms with Crippen LogP contribution < -0.4 is 5.73 Å². The maximum atomic E-state index is 10.4. The predicted octanol–water partition coefficient (Wildman–Crippen LogP) is 2.26. The van der Waals surface area contributed by atoms with E-state index in [1.165, 1.54) is 0 Å². The van der Waals surface area contributed by atoms with Crippen LogP contribution in [0.2, 0.25) is 0 Å². The molecule has 4 heteroatoms. The smallest absolute Gasteiger partial charge is 0.404 e. The van der Waals surface area contributed by atoms with Gasteiger partial charge in [-0.05, 0) is 25.0 Å². The third kappa shape index (κ3) is 3.17. The van der Waals surface area contributed by atoms with Crippen LogP contribution in [0.3, 0.4) is 0 Å². The Morgan fingerprint density at radius 2 is 2.06 bits per heavy atom. The van der Waals surface area contributed by atoms with Gasteiger partial charge in [0.15, 0.2) is 0 Å². The molecule has 0 aliphatic heterocycles. The predicted molar refractivity (Wildman–Crippen MR) is 65.6 cm³/mol. The van der Waals surface area contributed by atoms with Gasteiger partial charge in [-0.25, -0.2) is 4.79 Å². The molecule has 0 saturated heterocycles. The van der Waals surface area contributed by atoms with Gasteiger partial charge in [0.05, 0.1) is 12.1 Å². The van der Waals surface area contributed by atoms with E-state index in [-0.39, 0.29) is 0 Å². The number of amides is 1. The second kappa shape index (κ2) is 5.30. The molecule has 0 radical (unpaired) electrons. The summed E-state index contributed by atoms with van der Waals surface area (Å²) in [6, 6.07) is 12.0. The summed E-state index contributed by atoms with van der Waals surface area (Å²) >= 11 is 0. The van der Waals surface area contributed by atoms with Crippen molar-refractivity contribution < 1.29 is 9.53 Å². The first-order valence-electron chi connectivity index (χ1n) is 5.52. The molecule has 1 aromatic carbocycles. The number of fused-ring (bicyclic) bond motifs is 1. The molecule has 0 unspecified atom stereocenters. The Morgan fingerprint density at radius 3 is 2.88 bits per heavy atom. The minimum absolute atomic E-state index is 0.337. The summed E-state index contributed by atoms with van der Waals surface area (Å²) in [7, 11) is 0. The lowest BCUT2D eigenvalue weighted by molar-refractivity contribution is 0.155. The molecule has 0 bridgehead atoms. The third-order valence-electron chi connectivity index (χ3n) is 2.48. The number of pyridine rings is 1. The highest BCUT2D eigenvalue weighted by molar-refractivity contribution is 5.78. The lowest BCUT2D eigenvalue weighted by Crippen LogP contribution is -2.14. The fourth-order valence-corrected chi connectivity index (χ4v) is 1.67. The van der Waals surface area contributed by atoms with E-state index in [9.17, 15) is 4.79 Å². The molecule has 2 rings (SSSR count). The quantitative estimate of drug-likeness (QED) is 0.819. The number of ether oxygens (including phenoxy) is 1. The van der Waals surface area contributed by atoms with Gasteiger partial charge < -0.3 is 10.5 Å². The van der Waals surface area contributed by atoms with Crippen molar-refractivity contribution >= 4 is 17.0 Å². The number of para-hydroxylation sites is 1. The van der Waals surface area contributed by atoms with E-state index in [1.807, 2.05) is 36.4 Å². The number of primary amides is 1. The summed E-state index contributed by atoms with van der Waals surface area (Å²) in [6.45, 7) is 0.337. The van der Waals surface area contributed by atoms with Gasteiger partial charge in [-0.1, -0.05) is 24.3 Å². The lowest BCUT2D eigenvalue weighted by Gasteiger charge is -2.03. The molecule has 0 atom stereocenters. The molecule has 2 N–H and O–H groups in total. The molecule has 17 heavy (non-hydrogen) atoms. The van der Waals surface area contributed by atoms with Crippen molar-refractivity contribution in [3.63, 3.8) is 0 Å². The van der Waals surface area contributed by atoms with Gasteiger partial charge in [-0.2, -0.15) is 0 Å². The largest absolute Gasteiger partial charge is 0.450 e. The normalized spacial score (nSPS) is 10.4. The molecule has 0 spiro atoms.